The molecule has 2 atom stereocenters. The molecule has 0 aliphatic carbocycles. The number of carbonyl (C=O) groups is 1. The van der Waals surface area contributed by atoms with E-state index in [0.29, 0.717) is 6.61 Å². The van der Waals surface area contributed by atoms with Crippen molar-refractivity contribution in [3.63, 3.8) is 0 Å². The Kier molecular flexibility index (Phi) is 18.6. The van der Waals surface area contributed by atoms with Gasteiger partial charge in [-0.15, -0.1) is 12.4 Å². The van der Waals surface area contributed by atoms with Crippen LogP contribution in [-0.4, -0.2) is 18.6 Å². The molecule has 0 heterocycles. The summed E-state index contributed by atoms with van der Waals surface area (Å²) in [5.74, 6) is -0.0366. The van der Waals surface area contributed by atoms with Gasteiger partial charge in [-0.05, 0) is 12.3 Å². The fourth-order valence-corrected chi connectivity index (χ4v) is 2.34. The van der Waals surface area contributed by atoms with Crippen LogP contribution in [-0.2, 0) is 9.53 Å². The average molecular weight is 336 g/mol. The van der Waals surface area contributed by atoms with Gasteiger partial charge in [0.1, 0.15) is 6.04 Å². The number of unbranched alkanes of at least 4 members (excludes halogenated alkanes) is 9. The highest BCUT2D eigenvalue weighted by Crippen LogP contribution is 2.11. The van der Waals surface area contributed by atoms with Crippen LogP contribution >= 0.6 is 12.4 Å². The van der Waals surface area contributed by atoms with Crippen LogP contribution < -0.4 is 5.73 Å². The summed E-state index contributed by atoms with van der Waals surface area (Å²) in [6, 6.07) is -0.460. The normalized spacial score (nSPS) is 13.3. The number of ether oxygens (including phenoxy) is 1. The molecular formula is C18H38ClNO2. The Hall–Kier alpha value is -0.280. The lowest BCUT2D eigenvalue weighted by Crippen LogP contribution is -2.38. The zero-order valence-electron chi connectivity index (χ0n) is 14.9. The molecule has 0 aliphatic heterocycles. The molecule has 0 unspecified atom stereocenters. The highest BCUT2D eigenvalue weighted by Gasteiger charge is 2.20. The lowest BCUT2D eigenvalue weighted by atomic mass is 10.0. The quantitative estimate of drug-likeness (QED) is 0.348. The van der Waals surface area contributed by atoms with E-state index in [0.717, 1.165) is 19.3 Å². The van der Waals surface area contributed by atoms with Crippen molar-refractivity contribution in [3.8, 4) is 0 Å². The van der Waals surface area contributed by atoms with Gasteiger partial charge in [-0.3, -0.25) is 4.79 Å². The van der Waals surface area contributed by atoms with Crippen molar-refractivity contribution in [1.29, 1.82) is 0 Å². The van der Waals surface area contributed by atoms with Crippen molar-refractivity contribution in [3.05, 3.63) is 0 Å². The molecule has 0 fully saturated rings. The van der Waals surface area contributed by atoms with Gasteiger partial charge in [-0.2, -0.15) is 0 Å². The smallest absolute Gasteiger partial charge is 0.323 e. The number of hydrogen-bond acceptors (Lipinski definition) is 3. The minimum absolute atomic E-state index is 0. The molecule has 3 nitrogen and oxygen atoms in total. The molecule has 0 aliphatic rings. The Morgan fingerprint density at radius 2 is 1.36 bits per heavy atom. The average Bonchev–Trinajstić information content (AvgIpc) is 2.50. The Labute approximate surface area is 144 Å². The molecule has 0 bridgehead atoms. The SMILES string of the molecule is CCCCCCCCCCCCOC(=O)[C@@H](N)[C@@H](C)CC.Cl. The minimum Gasteiger partial charge on any atom is -0.465 e. The molecule has 0 aromatic carbocycles. The highest BCUT2D eigenvalue weighted by molar-refractivity contribution is 5.85. The van der Waals surface area contributed by atoms with Crippen LogP contribution in [0.2, 0.25) is 0 Å². The summed E-state index contributed by atoms with van der Waals surface area (Å²) in [5, 5.41) is 0. The second kappa shape index (κ2) is 17.1. The molecule has 134 valence electrons. The molecule has 0 rings (SSSR count). The summed E-state index contributed by atoms with van der Waals surface area (Å²) in [4.78, 5) is 11.7. The largest absolute Gasteiger partial charge is 0.465 e. The zero-order valence-corrected chi connectivity index (χ0v) is 15.8. The maximum absolute atomic E-state index is 11.7. The van der Waals surface area contributed by atoms with Crippen molar-refractivity contribution in [2.75, 3.05) is 6.61 Å². The van der Waals surface area contributed by atoms with Crippen molar-refractivity contribution >= 4 is 18.4 Å². The summed E-state index contributed by atoms with van der Waals surface area (Å²) >= 11 is 0. The summed E-state index contributed by atoms with van der Waals surface area (Å²) in [5.41, 5.74) is 5.83. The van der Waals surface area contributed by atoms with Crippen molar-refractivity contribution in [1.82, 2.24) is 0 Å². The predicted molar refractivity (Wildman–Crippen MR) is 97.5 cm³/mol. The topological polar surface area (TPSA) is 52.3 Å². The van der Waals surface area contributed by atoms with Crippen LogP contribution in [0, 0.1) is 5.92 Å². The molecule has 0 amide bonds. The number of rotatable bonds is 14. The first-order chi connectivity index (χ1) is 10.1. The predicted octanol–water partition coefficient (Wildman–Crippen LogP) is 5.25. The molecule has 0 aromatic rings. The summed E-state index contributed by atoms with van der Waals surface area (Å²) in [6.45, 7) is 6.81. The van der Waals surface area contributed by atoms with E-state index in [1.807, 2.05) is 13.8 Å². The second-order valence-corrected chi connectivity index (χ2v) is 6.26. The second-order valence-electron chi connectivity index (χ2n) is 6.26. The van der Waals surface area contributed by atoms with E-state index in [-0.39, 0.29) is 24.3 Å². The maximum Gasteiger partial charge on any atom is 0.323 e. The van der Waals surface area contributed by atoms with Crippen molar-refractivity contribution in [2.24, 2.45) is 11.7 Å². The number of esters is 1. The maximum atomic E-state index is 11.7. The van der Waals surface area contributed by atoms with Crippen molar-refractivity contribution < 1.29 is 9.53 Å². The number of carbonyl (C=O) groups excluding carboxylic acids is 1. The van der Waals surface area contributed by atoms with Gasteiger partial charge in [0.25, 0.3) is 0 Å². The van der Waals surface area contributed by atoms with Gasteiger partial charge in [0.2, 0.25) is 0 Å². The standard InChI is InChI=1S/C18H37NO2.ClH/c1-4-6-7-8-9-10-11-12-13-14-15-21-18(20)17(19)16(3)5-2;/h16-17H,4-15,19H2,1-3H3;1H/t16-,17-;/m0./s1. The lowest BCUT2D eigenvalue weighted by molar-refractivity contribution is -0.146. The molecule has 2 N–H and O–H groups in total. The molecule has 0 aromatic heterocycles. The minimum atomic E-state index is -0.460. The highest BCUT2D eigenvalue weighted by atomic mass is 35.5. The fourth-order valence-electron chi connectivity index (χ4n) is 2.34. The van der Waals surface area contributed by atoms with E-state index >= 15 is 0 Å². The number of nitrogens with two attached hydrogens (primary N) is 1. The number of hydrogen-bond donors (Lipinski definition) is 1. The van der Waals surface area contributed by atoms with Gasteiger partial charge in [0.05, 0.1) is 6.61 Å². The first-order valence-electron chi connectivity index (χ1n) is 9.05. The van der Waals surface area contributed by atoms with Crippen molar-refractivity contribution in [2.45, 2.75) is 97.4 Å². The van der Waals surface area contributed by atoms with E-state index in [1.54, 1.807) is 0 Å². The van der Waals surface area contributed by atoms with Gasteiger partial charge in [0, 0.05) is 0 Å². The van der Waals surface area contributed by atoms with E-state index < -0.39 is 6.04 Å². The fraction of sp³-hybridized carbons (Fsp3) is 0.944. The van der Waals surface area contributed by atoms with Gasteiger partial charge in [-0.25, -0.2) is 0 Å². The first-order valence-corrected chi connectivity index (χ1v) is 9.05. The molecular weight excluding hydrogens is 298 g/mol. The Bertz CT molecular complexity index is 249. The van der Waals surface area contributed by atoms with Crippen LogP contribution in [0.5, 0.6) is 0 Å². The van der Waals surface area contributed by atoms with Crippen LogP contribution in [0.1, 0.15) is 91.4 Å². The molecule has 0 saturated heterocycles. The van der Waals surface area contributed by atoms with E-state index in [2.05, 4.69) is 6.92 Å². The Morgan fingerprint density at radius 1 is 0.909 bits per heavy atom. The van der Waals surface area contributed by atoms with Gasteiger partial charge in [-0.1, -0.05) is 85.0 Å². The third-order valence-electron chi connectivity index (χ3n) is 4.27. The van der Waals surface area contributed by atoms with E-state index in [1.165, 1.54) is 51.4 Å². The molecule has 0 radical (unpaired) electrons. The van der Waals surface area contributed by atoms with Crippen LogP contribution in [0.4, 0.5) is 0 Å². The van der Waals surface area contributed by atoms with Gasteiger partial charge in [0.15, 0.2) is 0 Å². The summed E-state index contributed by atoms with van der Waals surface area (Å²) < 4.78 is 5.23. The zero-order chi connectivity index (χ0) is 15.9. The number of halogens is 1. The molecule has 22 heavy (non-hydrogen) atoms. The molecule has 4 heteroatoms. The summed E-state index contributed by atoms with van der Waals surface area (Å²) in [7, 11) is 0. The monoisotopic (exact) mass is 335 g/mol. The van der Waals surface area contributed by atoms with Crippen LogP contribution in [0.15, 0.2) is 0 Å². The Morgan fingerprint density at radius 3 is 1.82 bits per heavy atom. The third-order valence-corrected chi connectivity index (χ3v) is 4.27. The van der Waals surface area contributed by atoms with Gasteiger partial charge < -0.3 is 10.5 Å². The van der Waals surface area contributed by atoms with E-state index in [4.69, 9.17) is 10.5 Å². The summed E-state index contributed by atoms with van der Waals surface area (Å²) in [6.07, 6.45) is 13.8. The third kappa shape index (κ3) is 13.4. The van der Waals surface area contributed by atoms with Gasteiger partial charge >= 0.3 is 5.97 Å². The Balaban J connectivity index is 0. The van der Waals surface area contributed by atoms with Crippen LogP contribution in [0.3, 0.4) is 0 Å². The first kappa shape index (κ1) is 24.0. The van der Waals surface area contributed by atoms with E-state index in [9.17, 15) is 4.79 Å². The molecule has 0 spiro atoms. The van der Waals surface area contributed by atoms with Crippen LogP contribution in [0.25, 0.3) is 0 Å². The molecule has 0 saturated carbocycles. The lowest BCUT2D eigenvalue weighted by Gasteiger charge is -2.16.